The van der Waals surface area contributed by atoms with Gasteiger partial charge in [-0.05, 0) is 55.2 Å². The standard InChI is InChI=1S/C20H26FN/c21-15-3-1-2-4-17-5-7-18(8-6-17)9-10-19-11-13-20(16-22)14-12-19/h1,3,11-14,17-18H,2,4-10,15H2/b3-1+. The van der Waals surface area contributed by atoms with Crippen LogP contribution in [0.2, 0.25) is 0 Å². The van der Waals surface area contributed by atoms with E-state index in [9.17, 15) is 4.39 Å². The molecule has 1 fully saturated rings. The summed E-state index contributed by atoms with van der Waals surface area (Å²) in [5, 5.41) is 8.81. The molecule has 1 aliphatic carbocycles. The molecular formula is C20H26FN. The Balaban J connectivity index is 1.64. The first-order chi connectivity index (χ1) is 10.8. The van der Waals surface area contributed by atoms with Crippen LogP contribution in [0.3, 0.4) is 0 Å². The normalized spacial score (nSPS) is 21.8. The van der Waals surface area contributed by atoms with Gasteiger partial charge in [0.2, 0.25) is 0 Å². The van der Waals surface area contributed by atoms with Gasteiger partial charge < -0.3 is 0 Å². The van der Waals surface area contributed by atoms with Crippen LogP contribution in [0.4, 0.5) is 4.39 Å². The summed E-state index contributed by atoms with van der Waals surface area (Å²) < 4.78 is 12.0. The Labute approximate surface area is 133 Å². The third-order valence-electron chi connectivity index (χ3n) is 4.89. The van der Waals surface area contributed by atoms with E-state index in [2.05, 4.69) is 18.2 Å². The van der Waals surface area contributed by atoms with E-state index in [1.165, 1.54) is 44.1 Å². The van der Waals surface area contributed by atoms with Crippen LogP contribution in [0.25, 0.3) is 0 Å². The smallest absolute Gasteiger partial charge is 0.108 e. The fourth-order valence-corrected chi connectivity index (χ4v) is 3.44. The second kappa shape index (κ2) is 9.41. The molecule has 0 spiro atoms. The van der Waals surface area contributed by atoms with Crippen molar-refractivity contribution in [2.45, 2.75) is 51.4 Å². The van der Waals surface area contributed by atoms with E-state index in [1.54, 1.807) is 6.08 Å². The van der Waals surface area contributed by atoms with Crippen LogP contribution in [-0.2, 0) is 6.42 Å². The number of aryl methyl sites for hydroxylation is 1. The van der Waals surface area contributed by atoms with E-state index in [0.29, 0.717) is 0 Å². The molecule has 0 N–H and O–H groups in total. The minimum Gasteiger partial charge on any atom is -0.247 e. The molecule has 22 heavy (non-hydrogen) atoms. The zero-order valence-corrected chi connectivity index (χ0v) is 13.3. The maximum absolute atomic E-state index is 12.0. The summed E-state index contributed by atoms with van der Waals surface area (Å²) in [7, 11) is 0. The monoisotopic (exact) mass is 299 g/mol. The highest BCUT2D eigenvalue weighted by atomic mass is 19.1. The van der Waals surface area contributed by atoms with E-state index in [0.717, 1.165) is 30.2 Å². The minimum atomic E-state index is -0.331. The minimum absolute atomic E-state index is 0.331. The molecule has 0 atom stereocenters. The molecule has 2 rings (SSSR count). The first kappa shape index (κ1) is 16.7. The molecule has 1 nitrogen and oxygen atoms in total. The Morgan fingerprint density at radius 2 is 1.64 bits per heavy atom. The topological polar surface area (TPSA) is 23.8 Å². The third kappa shape index (κ3) is 5.64. The lowest BCUT2D eigenvalue weighted by Gasteiger charge is -2.28. The number of rotatable bonds is 7. The summed E-state index contributed by atoms with van der Waals surface area (Å²) in [5.74, 6) is 1.70. The molecule has 0 bridgehead atoms. The van der Waals surface area contributed by atoms with Crippen LogP contribution in [0.1, 0.15) is 56.1 Å². The predicted octanol–water partition coefficient (Wildman–Crippen LogP) is 5.60. The Morgan fingerprint density at radius 1 is 1.00 bits per heavy atom. The molecule has 0 saturated heterocycles. The Kier molecular flexibility index (Phi) is 7.16. The average molecular weight is 299 g/mol. The second-order valence-electron chi connectivity index (χ2n) is 6.44. The number of benzene rings is 1. The summed E-state index contributed by atoms with van der Waals surface area (Å²) in [5.41, 5.74) is 2.09. The van der Waals surface area contributed by atoms with E-state index < -0.39 is 0 Å². The van der Waals surface area contributed by atoms with Gasteiger partial charge in [0, 0.05) is 0 Å². The summed E-state index contributed by atoms with van der Waals surface area (Å²) >= 11 is 0. The van der Waals surface area contributed by atoms with Crippen LogP contribution in [0, 0.1) is 23.2 Å². The molecule has 2 heteroatoms. The lowest BCUT2D eigenvalue weighted by atomic mass is 9.78. The number of hydrogen-bond donors (Lipinski definition) is 0. The first-order valence-corrected chi connectivity index (χ1v) is 8.52. The van der Waals surface area contributed by atoms with Crippen molar-refractivity contribution in [1.29, 1.82) is 5.26 Å². The number of halogens is 1. The van der Waals surface area contributed by atoms with Crippen molar-refractivity contribution in [3.63, 3.8) is 0 Å². The lowest BCUT2D eigenvalue weighted by molar-refractivity contribution is 0.254. The zero-order chi connectivity index (χ0) is 15.6. The van der Waals surface area contributed by atoms with E-state index >= 15 is 0 Å². The van der Waals surface area contributed by atoms with Gasteiger partial charge in [-0.1, -0.05) is 50.0 Å². The summed E-state index contributed by atoms with van der Waals surface area (Å²) in [6, 6.07) is 10.2. The van der Waals surface area contributed by atoms with Crippen molar-refractivity contribution >= 4 is 0 Å². The third-order valence-corrected chi connectivity index (χ3v) is 4.89. The fraction of sp³-hybridized carbons (Fsp3) is 0.550. The predicted molar refractivity (Wildman–Crippen MR) is 89.3 cm³/mol. The van der Waals surface area contributed by atoms with E-state index in [4.69, 9.17) is 5.26 Å². The zero-order valence-electron chi connectivity index (χ0n) is 13.3. The number of nitrogens with zero attached hydrogens (tertiary/aromatic N) is 1. The highest BCUT2D eigenvalue weighted by Gasteiger charge is 2.20. The molecule has 0 radical (unpaired) electrons. The van der Waals surface area contributed by atoms with Gasteiger partial charge in [0.15, 0.2) is 0 Å². The molecule has 1 aliphatic rings. The van der Waals surface area contributed by atoms with Crippen molar-refractivity contribution < 1.29 is 4.39 Å². The maximum Gasteiger partial charge on any atom is 0.108 e. The molecule has 0 unspecified atom stereocenters. The van der Waals surface area contributed by atoms with Crippen molar-refractivity contribution in [1.82, 2.24) is 0 Å². The lowest BCUT2D eigenvalue weighted by Crippen LogP contribution is -2.15. The quantitative estimate of drug-likeness (QED) is 0.601. The van der Waals surface area contributed by atoms with E-state index in [-0.39, 0.29) is 6.67 Å². The van der Waals surface area contributed by atoms with Crippen LogP contribution in [0.5, 0.6) is 0 Å². The van der Waals surface area contributed by atoms with Gasteiger partial charge >= 0.3 is 0 Å². The highest BCUT2D eigenvalue weighted by molar-refractivity contribution is 5.31. The fourth-order valence-electron chi connectivity index (χ4n) is 3.44. The Bertz CT molecular complexity index is 489. The van der Waals surface area contributed by atoms with Crippen LogP contribution < -0.4 is 0 Å². The molecule has 0 amide bonds. The van der Waals surface area contributed by atoms with E-state index in [1.807, 2.05) is 18.2 Å². The van der Waals surface area contributed by atoms with Crippen molar-refractivity contribution in [2.75, 3.05) is 6.67 Å². The van der Waals surface area contributed by atoms with Gasteiger partial charge in [-0.2, -0.15) is 5.26 Å². The summed E-state index contributed by atoms with van der Waals surface area (Å²) in [6.45, 7) is -0.331. The molecular weight excluding hydrogens is 273 g/mol. The molecule has 1 aromatic rings. The molecule has 0 heterocycles. The summed E-state index contributed by atoms with van der Waals surface area (Å²) in [6.07, 6.45) is 13.6. The first-order valence-electron chi connectivity index (χ1n) is 8.52. The number of nitriles is 1. The molecule has 1 saturated carbocycles. The largest absolute Gasteiger partial charge is 0.247 e. The van der Waals surface area contributed by atoms with Crippen molar-refractivity contribution in [3.8, 4) is 6.07 Å². The van der Waals surface area contributed by atoms with Gasteiger partial charge in [-0.25, -0.2) is 4.39 Å². The van der Waals surface area contributed by atoms with Gasteiger partial charge in [-0.3, -0.25) is 0 Å². The number of allylic oxidation sites excluding steroid dienone is 2. The SMILES string of the molecule is N#Cc1ccc(CCC2CCC(CC/C=C/CF)CC2)cc1. The van der Waals surface area contributed by atoms with Crippen molar-refractivity contribution in [2.24, 2.45) is 11.8 Å². The van der Waals surface area contributed by atoms with Crippen LogP contribution in [0.15, 0.2) is 36.4 Å². The van der Waals surface area contributed by atoms with Crippen LogP contribution >= 0.6 is 0 Å². The molecule has 1 aromatic carbocycles. The average Bonchev–Trinajstić information content (AvgIpc) is 2.58. The number of alkyl halides is 1. The number of hydrogen-bond acceptors (Lipinski definition) is 1. The van der Waals surface area contributed by atoms with Gasteiger partial charge in [-0.15, -0.1) is 0 Å². The van der Waals surface area contributed by atoms with Gasteiger partial charge in [0.05, 0.1) is 11.6 Å². The molecule has 0 aromatic heterocycles. The second-order valence-corrected chi connectivity index (χ2v) is 6.44. The molecule has 0 aliphatic heterocycles. The highest BCUT2D eigenvalue weighted by Crippen LogP contribution is 2.33. The molecule has 118 valence electrons. The Hall–Kier alpha value is -1.62. The van der Waals surface area contributed by atoms with Crippen molar-refractivity contribution in [3.05, 3.63) is 47.5 Å². The van der Waals surface area contributed by atoms with Gasteiger partial charge in [0.25, 0.3) is 0 Å². The maximum atomic E-state index is 12.0. The summed E-state index contributed by atoms with van der Waals surface area (Å²) in [4.78, 5) is 0. The Morgan fingerprint density at radius 3 is 2.23 bits per heavy atom. The van der Waals surface area contributed by atoms with Gasteiger partial charge in [0.1, 0.15) is 6.67 Å². The van der Waals surface area contributed by atoms with Crippen LogP contribution in [-0.4, -0.2) is 6.67 Å².